The van der Waals surface area contributed by atoms with E-state index in [1.54, 1.807) is 0 Å². The zero-order valence-corrected chi connectivity index (χ0v) is 12.7. The Hall–Kier alpha value is -1.06. The van der Waals surface area contributed by atoms with Crippen LogP contribution in [0.15, 0.2) is 18.2 Å². The summed E-state index contributed by atoms with van der Waals surface area (Å²) in [5, 5.41) is 3.38. The Morgan fingerprint density at radius 1 is 1.30 bits per heavy atom. The Bertz CT molecular complexity index is 474. The van der Waals surface area contributed by atoms with Crippen molar-refractivity contribution in [3.8, 4) is 5.75 Å². The topological polar surface area (TPSA) is 24.5 Å². The summed E-state index contributed by atoms with van der Waals surface area (Å²) >= 11 is 0. The molecule has 0 radical (unpaired) electrons. The fourth-order valence-electron chi connectivity index (χ4n) is 3.43. The quantitative estimate of drug-likeness (QED) is 0.913. The van der Waals surface area contributed by atoms with Gasteiger partial charge in [0.1, 0.15) is 5.75 Å². The molecule has 1 N–H and O–H groups in total. The van der Waals surface area contributed by atoms with Crippen molar-refractivity contribution in [1.29, 1.82) is 0 Å². The first-order valence-corrected chi connectivity index (χ1v) is 7.86. The van der Waals surface area contributed by atoms with Crippen LogP contribution in [0.2, 0.25) is 0 Å². The number of rotatable bonds is 4. The van der Waals surface area contributed by atoms with Gasteiger partial charge in [0.2, 0.25) is 0 Å². The molecule has 0 spiro atoms. The molecule has 1 unspecified atom stereocenters. The molecule has 0 bridgehead atoms. The fourth-order valence-corrected chi connectivity index (χ4v) is 3.43. The molecule has 3 nitrogen and oxygen atoms in total. The van der Waals surface area contributed by atoms with E-state index in [2.05, 4.69) is 42.3 Å². The van der Waals surface area contributed by atoms with Crippen LogP contribution in [0, 0.1) is 5.41 Å². The largest absolute Gasteiger partial charge is 0.493 e. The molecule has 3 rings (SSSR count). The van der Waals surface area contributed by atoms with Gasteiger partial charge in [-0.05, 0) is 49.2 Å². The molecule has 20 heavy (non-hydrogen) atoms. The first kappa shape index (κ1) is 13.9. The molecule has 2 aliphatic heterocycles. The standard InChI is InChI=1S/C17H26N2O/c1-3-19-8-4-7-17(2,12-19)13-20-16-6-5-14-10-18-11-15(14)9-16/h5-6,9,18H,3-4,7-8,10-13H2,1-2H3. The van der Waals surface area contributed by atoms with Crippen LogP contribution in [-0.4, -0.2) is 31.1 Å². The molecule has 1 atom stereocenters. The molecule has 3 heteroatoms. The van der Waals surface area contributed by atoms with Crippen LogP contribution in [-0.2, 0) is 13.1 Å². The molecule has 1 saturated heterocycles. The second-order valence-corrected chi connectivity index (χ2v) is 6.61. The van der Waals surface area contributed by atoms with Crippen LogP contribution < -0.4 is 10.1 Å². The number of ether oxygens (including phenoxy) is 1. The van der Waals surface area contributed by atoms with Crippen LogP contribution in [0.1, 0.15) is 37.8 Å². The summed E-state index contributed by atoms with van der Waals surface area (Å²) in [6.45, 7) is 11.0. The van der Waals surface area contributed by atoms with Crippen molar-refractivity contribution in [3.63, 3.8) is 0 Å². The SMILES string of the molecule is CCN1CCCC(C)(COc2ccc3c(c2)CNC3)C1. The smallest absolute Gasteiger partial charge is 0.119 e. The normalized spacial score (nSPS) is 26.5. The van der Waals surface area contributed by atoms with E-state index >= 15 is 0 Å². The zero-order chi connectivity index (χ0) is 14.0. The third-order valence-corrected chi connectivity index (χ3v) is 4.70. The highest BCUT2D eigenvalue weighted by atomic mass is 16.5. The molecule has 1 fully saturated rings. The third kappa shape index (κ3) is 2.99. The molecular weight excluding hydrogens is 248 g/mol. The van der Waals surface area contributed by atoms with Gasteiger partial charge in [-0.25, -0.2) is 0 Å². The number of hydrogen-bond donors (Lipinski definition) is 1. The Morgan fingerprint density at radius 3 is 3.00 bits per heavy atom. The maximum atomic E-state index is 6.11. The monoisotopic (exact) mass is 274 g/mol. The van der Waals surface area contributed by atoms with Gasteiger partial charge in [0, 0.05) is 25.0 Å². The van der Waals surface area contributed by atoms with Crippen LogP contribution >= 0.6 is 0 Å². The highest BCUT2D eigenvalue weighted by Gasteiger charge is 2.31. The highest BCUT2D eigenvalue weighted by Crippen LogP contribution is 2.31. The molecule has 2 aliphatic rings. The molecule has 0 saturated carbocycles. The lowest BCUT2D eigenvalue weighted by Gasteiger charge is -2.39. The second-order valence-electron chi connectivity index (χ2n) is 6.61. The predicted octanol–water partition coefficient (Wildman–Crippen LogP) is 2.79. The van der Waals surface area contributed by atoms with Crippen molar-refractivity contribution in [2.45, 2.75) is 39.8 Å². The van der Waals surface area contributed by atoms with E-state index in [0.717, 1.165) is 38.5 Å². The van der Waals surface area contributed by atoms with E-state index in [4.69, 9.17) is 4.74 Å². The molecule has 0 aromatic heterocycles. The van der Waals surface area contributed by atoms with Gasteiger partial charge in [0.25, 0.3) is 0 Å². The van der Waals surface area contributed by atoms with E-state index in [1.807, 2.05) is 0 Å². The Kier molecular flexibility index (Phi) is 3.99. The molecule has 110 valence electrons. The van der Waals surface area contributed by atoms with Crippen LogP contribution in [0.4, 0.5) is 0 Å². The van der Waals surface area contributed by atoms with E-state index in [-0.39, 0.29) is 0 Å². The van der Waals surface area contributed by atoms with Crippen LogP contribution in [0.3, 0.4) is 0 Å². The second kappa shape index (κ2) is 5.74. The van der Waals surface area contributed by atoms with Gasteiger partial charge < -0.3 is 15.0 Å². The van der Waals surface area contributed by atoms with Gasteiger partial charge in [-0.1, -0.05) is 19.9 Å². The lowest BCUT2D eigenvalue weighted by molar-refractivity contribution is 0.0592. The number of hydrogen-bond acceptors (Lipinski definition) is 3. The van der Waals surface area contributed by atoms with E-state index < -0.39 is 0 Å². The Labute approximate surface area is 122 Å². The van der Waals surface area contributed by atoms with Crippen molar-refractivity contribution >= 4 is 0 Å². The van der Waals surface area contributed by atoms with Crippen molar-refractivity contribution in [1.82, 2.24) is 10.2 Å². The summed E-state index contributed by atoms with van der Waals surface area (Å²) in [4.78, 5) is 2.54. The predicted molar refractivity (Wildman–Crippen MR) is 81.9 cm³/mol. The number of likely N-dealkylation sites (tertiary alicyclic amines) is 1. The Morgan fingerprint density at radius 2 is 2.15 bits per heavy atom. The molecule has 1 aromatic rings. The fraction of sp³-hybridized carbons (Fsp3) is 0.647. The summed E-state index contributed by atoms with van der Waals surface area (Å²) in [5.41, 5.74) is 3.11. The molecule has 1 aromatic carbocycles. The third-order valence-electron chi connectivity index (χ3n) is 4.70. The molecule has 0 aliphatic carbocycles. The van der Waals surface area contributed by atoms with E-state index in [9.17, 15) is 0 Å². The minimum absolute atomic E-state index is 0.297. The number of piperidine rings is 1. The first-order chi connectivity index (χ1) is 9.68. The summed E-state index contributed by atoms with van der Waals surface area (Å²) in [5.74, 6) is 1.03. The van der Waals surface area contributed by atoms with Gasteiger partial charge in [-0.3, -0.25) is 0 Å². The molecule has 0 amide bonds. The average molecular weight is 274 g/mol. The van der Waals surface area contributed by atoms with Crippen molar-refractivity contribution < 1.29 is 4.74 Å². The highest BCUT2D eigenvalue weighted by molar-refractivity contribution is 5.37. The number of benzene rings is 1. The number of nitrogens with one attached hydrogen (secondary N) is 1. The van der Waals surface area contributed by atoms with Gasteiger partial charge in [0.15, 0.2) is 0 Å². The summed E-state index contributed by atoms with van der Waals surface area (Å²) < 4.78 is 6.11. The van der Waals surface area contributed by atoms with Gasteiger partial charge in [0.05, 0.1) is 6.61 Å². The van der Waals surface area contributed by atoms with E-state index in [0.29, 0.717) is 5.41 Å². The molecular formula is C17H26N2O. The lowest BCUT2D eigenvalue weighted by atomic mass is 9.83. The van der Waals surface area contributed by atoms with Gasteiger partial charge in [-0.15, -0.1) is 0 Å². The first-order valence-electron chi connectivity index (χ1n) is 7.86. The van der Waals surface area contributed by atoms with E-state index in [1.165, 1.54) is 30.5 Å². The minimum Gasteiger partial charge on any atom is -0.493 e. The van der Waals surface area contributed by atoms with Gasteiger partial charge >= 0.3 is 0 Å². The summed E-state index contributed by atoms with van der Waals surface area (Å²) in [6.07, 6.45) is 2.57. The zero-order valence-electron chi connectivity index (χ0n) is 12.7. The maximum absolute atomic E-state index is 6.11. The lowest BCUT2D eigenvalue weighted by Crippen LogP contribution is -2.44. The maximum Gasteiger partial charge on any atom is 0.119 e. The number of nitrogens with zero attached hydrogens (tertiary/aromatic N) is 1. The van der Waals surface area contributed by atoms with Crippen molar-refractivity contribution in [3.05, 3.63) is 29.3 Å². The van der Waals surface area contributed by atoms with Gasteiger partial charge in [-0.2, -0.15) is 0 Å². The average Bonchev–Trinajstić information content (AvgIpc) is 2.93. The summed E-state index contributed by atoms with van der Waals surface area (Å²) in [6, 6.07) is 6.53. The van der Waals surface area contributed by atoms with Crippen molar-refractivity contribution in [2.75, 3.05) is 26.2 Å². The van der Waals surface area contributed by atoms with Crippen LogP contribution in [0.25, 0.3) is 0 Å². The molecule has 2 heterocycles. The minimum atomic E-state index is 0.297. The number of fused-ring (bicyclic) bond motifs is 1. The van der Waals surface area contributed by atoms with Crippen molar-refractivity contribution in [2.24, 2.45) is 5.41 Å². The van der Waals surface area contributed by atoms with Crippen LogP contribution in [0.5, 0.6) is 5.75 Å². The summed E-state index contributed by atoms with van der Waals surface area (Å²) in [7, 11) is 0. The Balaban J connectivity index is 1.61.